The van der Waals surface area contributed by atoms with E-state index in [2.05, 4.69) is 27.1 Å². The fraction of sp³-hybridized carbons (Fsp3) is 0.600. The van der Waals surface area contributed by atoms with Crippen LogP contribution in [-0.4, -0.2) is 80.2 Å². The van der Waals surface area contributed by atoms with Crippen molar-refractivity contribution in [1.29, 1.82) is 0 Å². The number of anilines is 1. The number of carbonyl (C=O) groups is 1. The fourth-order valence-electron chi connectivity index (χ4n) is 6.61. The second kappa shape index (κ2) is 9.69. The lowest BCUT2D eigenvalue weighted by molar-refractivity contribution is -0.141. The minimum absolute atomic E-state index is 0.150. The van der Waals surface area contributed by atoms with Gasteiger partial charge in [-0.25, -0.2) is 9.67 Å². The van der Waals surface area contributed by atoms with Crippen LogP contribution in [-0.2, 0) is 16.1 Å². The van der Waals surface area contributed by atoms with Crippen LogP contribution in [0.1, 0.15) is 45.4 Å². The number of benzene rings is 1. The van der Waals surface area contributed by atoms with E-state index in [1.54, 1.807) is 10.9 Å². The third-order valence-electron chi connectivity index (χ3n) is 9.83. The summed E-state index contributed by atoms with van der Waals surface area (Å²) < 4.78 is 8.61. The predicted octanol–water partition coefficient (Wildman–Crippen LogP) is 2.60. The van der Waals surface area contributed by atoms with E-state index in [-0.39, 0.29) is 23.4 Å². The molecule has 1 aromatic carbocycles. The van der Waals surface area contributed by atoms with Gasteiger partial charge in [-0.3, -0.25) is 14.2 Å². The van der Waals surface area contributed by atoms with Gasteiger partial charge in [0.15, 0.2) is 5.65 Å². The minimum atomic E-state index is -1.05. The Balaban J connectivity index is 1.05. The molecule has 1 N–H and O–H groups in total. The highest BCUT2D eigenvalue weighted by atomic mass is 16.5. The van der Waals surface area contributed by atoms with Gasteiger partial charge in [0.2, 0.25) is 5.91 Å². The molecule has 10 heteroatoms. The van der Waals surface area contributed by atoms with Gasteiger partial charge in [0, 0.05) is 43.2 Å². The van der Waals surface area contributed by atoms with Crippen LogP contribution >= 0.6 is 0 Å². The molecule has 10 nitrogen and oxygen atoms in total. The average molecular weight is 547 g/mol. The summed E-state index contributed by atoms with van der Waals surface area (Å²) in [6.45, 7) is 7.08. The van der Waals surface area contributed by atoms with Crippen LogP contribution in [0.5, 0.6) is 0 Å². The van der Waals surface area contributed by atoms with Crippen molar-refractivity contribution >= 4 is 22.6 Å². The Labute approximate surface area is 233 Å². The van der Waals surface area contributed by atoms with Gasteiger partial charge in [-0.2, -0.15) is 5.10 Å². The van der Waals surface area contributed by atoms with Crippen molar-refractivity contribution in [2.24, 2.45) is 17.3 Å². The van der Waals surface area contributed by atoms with Crippen LogP contribution < -0.4 is 10.5 Å². The van der Waals surface area contributed by atoms with Crippen molar-refractivity contribution in [2.45, 2.75) is 57.6 Å². The van der Waals surface area contributed by atoms with Crippen LogP contribution in [0.25, 0.3) is 16.7 Å². The first-order valence-electron chi connectivity index (χ1n) is 14.7. The van der Waals surface area contributed by atoms with Gasteiger partial charge in [0.1, 0.15) is 11.7 Å². The van der Waals surface area contributed by atoms with E-state index in [4.69, 9.17) is 4.74 Å². The Morgan fingerprint density at radius 1 is 1.05 bits per heavy atom. The molecule has 0 radical (unpaired) electrons. The Hall–Kier alpha value is -3.24. The highest BCUT2D eigenvalue weighted by Gasteiger charge is 2.48. The molecular formula is C30H38N6O4. The quantitative estimate of drug-likeness (QED) is 0.507. The molecule has 0 unspecified atom stereocenters. The van der Waals surface area contributed by atoms with Gasteiger partial charge in [0.25, 0.3) is 5.56 Å². The standard InChI is InChI=1S/C30H38N6O4/c1-29(7-8-29)28(38)34-13-9-30(39,10-14-34)19-35-20-31-26-25(27(35)37)16-32-36(26)24-4-2-3-23(15-24)33-11-5-21(6-12-33)22-17-40-18-22/h2-4,15-16,20-22,39H,5-14,17-19H2,1H3. The summed E-state index contributed by atoms with van der Waals surface area (Å²) in [5, 5.41) is 16.2. The molecule has 5 heterocycles. The third kappa shape index (κ3) is 4.60. The van der Waals surface area contributed by atoms with E-state index in [1.165, 1.54) is 23.7 Å². The van der Waals surface area contributed by atoms with Crippen LogP contribution in [0.4, 0.5) is 5.69 Å². The normalized spacial score (nSPS) is 22.9. The fourth-order valence-corrected chi connectivity index (χ4v) is 6.61. The maximum atomic E-state index is 13.4. The maximum Gasteiger partial charge on any atom is 0.264 e. The molecule has 0 spiro atoms. The zero-order valence-electron chi connectivity index (χ0n) is 23.2. The number of hydrogen-bond donors (Lipinski definition) is 1. The summed E-state index contributed by atoms with van der Waals surface area (Å²) in [5.41, 5.74) is 1.05. The molecule has 4 fully saturated rings. The summed E-state index contributed by atoms with van der Waals surface area (Å²) >= 11 is 0. The lowest BCUT2D eigenvalue weighted by atomic mass is 9.83. The van der Waals surface area contributed by atoms with Crippen LogP contribution in [0.3, 0.4) is 0 Å². The Morgan fingerprint density at radius 2 is 1.77 bits per heavy atom. The summed E-state index contributed by atoms with van der Waals surface area (Å²) in [4.78, 5) is 35.0. The number of likely N-dealkylation sites (tertiary alicyclic amines) is 1. The maximum absolute atomic E-state index is 13.4. The average Bonchev–Trinajstić information content (AvgIpc) is 3.54. The Bertz CT molecular complexity index is 1470. The van der Waals surface area contributed by atoms with Gasteiger partial charge < -0.3 is 19.6 Å². The zero-order valence-corrected chi connectivity index (χ0v) is 23.2. The topological polar surface area (TPSA) is 106 Å². The summed E-state index contributed by atoms with van der Waals surface area (Å²) in [6, 6.07) is 8.27. The molecule has 3 saturated heterocycles. The number of fused-ring (bicyclic) bond motifs is 1. The van der Waals surface area contributed by atoms with Crippen molar-refractivity contribution in [3.8, 4) is 5.69 Å². The molecule has 7 rings (SSSR count). The smallest absolute Gasteiger partial charge is 0.264 e. The van der Waals surface area contributed by atoms with E-state index in [0.717, 1.165) is 62.4 Å². The molecule has 0 atom stereocenters. The zero-order chi connectivity index (χ0) is 27.5. The number of piperidine rings is 2. The number of amides is 1. The molecule has 1 aliphatic carbocycles. The highest BCUT2D eigenvalue weighted by Crippen LogP contribution is 2.47. The molecule has 40 heavy (non-hydrogen) atoms. The second-order valence-corrected chi connectivity index (χ2v) is 12.7. The first kappa shape index (κ1) is 25.7. The summed E-state index contributed by atoms with van der Waals surface area (Å²) in [6.07, 6.45) is 8.23. The second-order valence-electron chi connectivity index (χ2n) is 12.7. The Kier molecular flexibility index (Phi) is 6.23. The van der Waals surface area contributed by atoms with Gasteiger partial charge in [0.05, 0.1) is 37.2 Å². The van der Waals surface area contributed by atoms with E-state index < -0.39 is 5.60 Å². The van der Waals surface area contributed by atoms with Gasteiger partial charge >= 0.3 is 0 Å². The number of rotatable bonds is 6. The lowest BCUT2D eigenvalue weighted by Crippen LogP contribution is -2.51. The van der Waals surface area contributed by atoms with Crippen molar-refractivity contribution in [3.05, 3.63) is 47.1 Å². The lowest BCUT2D eigenvalue weighted by Gasteiger charge is -2.40. The first-order valence-corrected chi connectivity index (χ1v) is 14.7. The summed E-state index contributed by atoms with van der Waals surface area (Å²) in [5.74, 6) is 1.68. The number of aromatic nitrogens is 4. The van der Waals surface area contributed by atoms with Crippen molar-refractivity contribution in [2.75, 3.05) is 44.3 Å². The monoisotopic (exact) mass is 546 g/mol. The molecule has 0 bridgehead atoms. The first-order chi connectivity index (χ1) is 19.3. The van der Waals surface area contributed by atoms with E-state index in [1.807, 2.05) is 24.0 Å². The number of aliphatic hydroxyl groups is 1. The van der Waals surface area contributed by atoms with E-state index in [9.17, 15) is 14.7 Å². The third-order valence-corrected chi connectivity index (χ3v) is 9.83. The van der Waals surface area contributed by atoms with Gasteiger partial charge in [-0.1, -0.05) is 13.0 Å². The van der Waals surface area contributed by atoms with Crippen molar-refractivity contribution in [3.63, 3.8) is 0 Å². The summed E-state index contributed by atoms with van der Waals surface area (Å²) in [7, 11) is 0. The molecule has 212 valence electrons. The van der Waals surface area contributed by atoms with Crippen molar-refractivity contribution < 1.29 is 14.6 Å². The predicted molar refractivity (Wildman–Crippen MR) is 150 cm³/mol. The van der Waals surface area contributed by atoms with Crippen LogP contribution in [0.2, 0.25) is 0 Å². The van der Waals surface area contributed by atoms with Crippen LogP contribution in [0, 0.1) is 17.3 Å². The molecule has 3 aliphatic heterocycles. The van der Waals surface area contributed by atoms with Crippen LogP contribution in [0.15, 0.2) is 41.6 Å². The molecule has 1 amide bonds. The van der Waals surface area contributed by atoms with Gasteiger partial charge in [-0.05, 0) is 62.6 Å². The molecule has 2 aromatic heterocycles. The minimum Gasteiger partial charge on any atom is -0.388 e. The molecule has 1 saturated carbocycles. The SMILES string of the molecule is CC1(C(=O)N2CCC(O)(Cn3cnc4c(cnn4-c4cccc(N5CCC(C6COC6)CC5)c4)c3=O)CC2)CC1. The van der Waals surface area contributed by atoms with E-state index >= 15 is 0 Å². The molecular weight excluding hydrogens is 508 g/mol. The van der Waals surface area contributed by atoms with E-state index in [0.29, 0.717) is 37.0 Å². The molecule has 3 aromatic rings. The Morgan fingerprint density at radius 3 is 2.45 bits per heavy atom. The number of carbonyl (C=O) groups excluding carboxylic acids is 1. The number of ether oxygens (including phenoxy) is 1. The van der Waals surface area contributed by atoms with Gasteiger partial charge in [-0.15, -0.1) is 0 Å². The van der Waals surface area contributed by atoms with Crippen molar-refractivity contribution in [1.82, 2.24) is 24.2 Å². The number of nitrogens with zero attached hydrogens (tertiary/aromatic N) is 6. The largest absolute Gasteiger partial charge is 0.388 e. The number of hydrogen-bond acceptors (Lipinski definition) is 7. The highest BCUT2D eigenvalue weighted by molar-refractivity contribution is 5.85. The molecule has 4 aliphatic rings.